The van der Waals surface area contributed by atoms with Gasteiger partial charge in [-0.05, 0) is 48.9 Å². The Morgan fingerprint density at radius 2 is 1.50 bits per heavy atom. The Balaban J connectivity index is 2.07. The predicted octanol–water partition coefficient (Wildman–Crippen LogP) is 1.20. The lowest BCUT2D eigenvalue weighted by Gasteiger charge is -2.15. The fourth-order valence-corrected chi connectivity index (χ4v) is 3.29. The molecular formula is C16H19N3O5S2. The van der Waals surface area contributed by atoms with Crippen molar-refractivity contribution in [2.45, 2.75) is 17.9 Å². The maximum Gasteiger partial charge on any atom is 0.251 e. The van der Waals surface area contributed by atoms with E-state index in [-0.39, 0.29) is 16.8 Å². The number of anilines is 1. The van der Waals surface area contributed by atoms with Crippen LogP contribution >= 0.6 is 0 Å². The van der Waals surface area contributed by atoms with Crippen molar-refractivity contribution in [3.05, 3.63) is 59.7 Å². The zero-order chi connectivity index (χ0) is 19.5. The van der Waals surface area contributed by atoms with Crippen molar-refractivity contribution in [2.75, 3.05) is 11.0 Å². The molecule has 2 rings (SSSR count). The summed E-state index contributed by atoms with van der Waals surface area (Å²) in [6, 6.07) is 11.5. The number of nitrogens with two attached hydrogens (primary N) is 1. The Kier molecular flexibility index (Phi) is 5.69. The highest BCUT2D eigenvalue weighted by Crippen LogP contribution is 2.17. The van der Waals surface area contributed by atoms with Gasteiger partial charge in [-0.1, -0.05) is 12.1 Å². The number of primary sulfonamides is 1. The van der Waals surface area contributed by atoms with Crippen LogP contribution in [-0.2, 0) is 20.0 Å². The van der Waals surface area contributed by atoms with Crippen molar-refractivity contribution in [1.29, 1.82) is 0 Å². The molecule has 0 spiro atoms. The summed E-state index contributed by atoms with van der Waals surface area (Å²) in [5.74, 6) is -0.348. The highest BCUT2D eigenvalue weighted by atomic mass is 32.2. The lowest BCUT2D eigenvalue weighted by atomic mass is 10.1. The summed E-state index contributed by atoms with van der Waals surface area (Å²) in [4.78, 5) is 12.3. The Morgan fingerprint density at radius 1 is 0.962 bits per heavy atom. The topological polar surface area (TPSA) is 135 Å². The van der Waals surface area contributed by atoms with Gasteiger partial charge in [0.05, 0.1) is 17.2 Å². The number of hydrogen-bond donors (Lipinski definition) is 3. The van der Waals surface area contributed by atoms with Crippen molar-refractivity contribution >= 4 is 31.6 Å². The molecule has 0 aliphatic rings. The number of rotatable bonds is 6. The van der Waals surface area contributed by atoms with E-state index in [0.29, 0.717) is 16.8 Å². The number of benzene rings is 2. The van der Waals surface area contributed by atoms with Crippen LogP contribution in [0.4, 0.5) is 5.69 Å². The summed E-state index contributed by atoms with van der Waals surface area (Å²) in [6.45, 7) is 1.75. The normalized spacial score (nSPS) is 13.0. The number of carbonyl (C=O) groups excluding carboxylic acids is 1. The molecule has 0 saturated carbocycles. The van der Waals surface area contributed by atoms with Crippen molar-refractivity contribution in [3.63, 3.8) is 0 Å². The monoisotopic (exact) mass is 397 g/mol. The van der Waals surface area contributed by atoms with Gasteiger partial charge in [-0.15, -0.1) is 0 Å². The molecule has 140 valence electrons. The Labute approximate surface area is 152 Å². The van der Waals surface area contributed by atoms with Crippen molar-refractivity contribution < 1.29 is 21.6 Å². The maximum atomic E-state index is 12.3. The fourth-order valence-electron chi connectivity index (χ4n) is 2.21. The minimum absolute atomic E-state index is 0.00579. The first-order valence-corrected chi connectivity index (χ1v) is 10.9. The highest BCUT2D eigenvalue weighted by molar-refractivity contribution is 7.92. The van der Waals surface area contributed by atoms with Crippen LogP contribution in [0.3, 0.4) is 0 Å². The average molecular weight is 397 g/mol. The van der Waals surface area contributed by atoms with Crippen molar-refractivity contribution in [2.24, 2.45) is 5.14 Å². The summed E-state index contributed by atoms with van der Waals surface area (Å²) in [5.41, 5.74) is 1.42. The molecule has 26 heavy (non-hydrogen) atoms. The van der Waals surface area contributed by atoms with Gasteiger partial charge in [0.2, 0.25) is 20.0 Å². The molecule has 0 saturated heterocycles. The zero-order valence-corrected chi connectivity index (χ0v) is 15.8. The average Bonchev–Trinajstić information content (AvgIpc) is 2.53. The molecule has 1 atom stereocenters. The van der Waals surface area contributed by atoms with Gasteiger partial charge in [-0.3, -0.25) is 9.52 Å². The maximum absolute atomic E-state index is 12.3. The van der Waals surface area contributed by atoms with E-state index in [1.165, 1.54) is 36.4 Å². The van der Waals surface area contributed by atoms with Crippen LogP contribution in [0.5, 0.6) is 0 Å². The third-order valence-electron chi connectivity index (χ3n) is 3.51. The lowest BCUT2D eigenvalue weighted by molar-refractivity contribution is 0.0940. The van der Waals surface area contributed by atoms with Crippen LogP contribution < -0.4 is 15.2 Å². The molecule has 0 aliphatic carbocycles. The van der Waals surface area contributed by atoms with Crippen LogP contribution in [0.15, 0.2) is 53.4 Å². The van der Waals surface area contributed by atoms with Crippen molar-refractivity contribution in [1.82, 2.24) is 5.32 Å². The summed E-state index contributed by atoms with van der Waals surface area (Å²) < 4.78 is 47.2. The van der Waals surface area contributed by atoms with Crippen LogP contribution in [0.1, 0.15) is 28.9 Å². The van der Waals surface area contributed by atoms with Gasteiger partial charge in [0.25, 0.3) is 5.91 Å². The van der Waals surface area contributed by atoms with E-state index in [1.807, 2.05) is 0 Å². The smallest absolute Gasteiger partial charge is 0.251 e. The van der Waals surface area contributed by atoms with E-state index in [9.17, 15) is 21.6 Å². The summed E-state index contributed by atoms with van der Waals surface area (Å²) in [6.07, 6.45) is 1.04. The molecule has 0 unspecified atom stereocenters. The van der Waals surface area contributed by atoms with Crippen LogP contribution in [0, 0.1) is 0 Å². The van der Waals surface area contributed by atoms with E-state index in [1.54, 1.807) is 19.1 Å². The molecule has 0 fully saturated rings. The van der Waals surface area contributed by atoms with E-state index >= 15 is 0 Å². The van der Waals surface area contributed by atoms with E-state index < -0.39 is 20.0 Å². The molecule has 0 aliphatic heterocycles. The Bertz CT molecular complexity index is 999. The predicted molar refractivity (Wildman–Crippen MR) is 98.6 cm³/mol. The molecule has 1 amide bonds. The quantitative estimate of drug-likeness (QED) is 0.673. The molecular weight excluding hydrogens is 378 g/mol. The molecule has 10 heteroatoms. The molecule has 8 nitrogen and oxygen atoms in total. The molecule has 0 heterocycles. The van der Waals surface area contributed by atoms with Gasteiger partial charge in [0.15, 0.2) is 0 Å². The third-order valence-corrected chi connectivity index (χ3v) is 5.04. The summed E-state index contributed by atoms with van der Waals surface area (Å²) >= 11 is 0. The lowest BCUT2D eigenvalue weighted by Crippen LogP contribution is -2.26. The van der Waals surface area contributed by atoms with Crippen LogP contribution in [-0.4, -0.2) is 29.0 Å². The molecule has 2 aromatic carbocycles. The van der Waals surface area contributed by atoms with E-state index in [0.717, 1.165) is 6.26 Å². The largest absolute Gasteiger partial charge is 0.346 e. The zero-order valence-electron chi connectivity index (χ0n) is 14.1. The van der Waals surface area contributed by atoms with Gasteiger partial charge >= 0.3 is 0 Å². The second-order valence-electron chi connectivity index (χ2n) is 5.76. The van der Waals surface area contributed by atoms with Crippen LogP contribution in [0.25, 0.3) is 0 Å². The van der Waals surface area contributed by atoms with Gasteiger partial charge < -0.3 is 5.32 Å². The number of carbonyl (C=O) groups is 1. The second-order valence-corrected chi connectivity index (χ2v) is 9.07. The third kappa shape index (κ3) is 5.55. The van der Waals surface area contributed by atoms with Gasteiger partial charge in [-0.25, -0.2) is 22.0 Å². The number of nitrogens with one attached hydrogen (secondary N) is 2. The molecule has 0 radical (unpaired) electrons. The Hall–Kier alpha value is -2.43. The molecule has 0 aromatic heterocycles. The summed E-state index contributed by atoms with van der Waals surface area (Å²) in [7, 11) is -7.15. The standard InChI is InChI=1S/C16H19N3O5S2/c1-11(12-5-9-15(10-6-12)26(17,23)24)18-16(20)13-3-7-14(8-4-13)19-25(2,21)22/h3-11,19H,1-2H3,(H,18,20)(H2,17,23,24)/t11-/m0/s1. The minimum atomic E-state index is -3.76. The van der Waals surface area contributed by atoms with Gasteiger partial charge in [-0.2, -0.15) is 0 Å². The number of amides is 1. The highest BCUT2D eigenvalue weighted by Gasteiger charge is 2.13. The van der Waals surface area contributed by atoms with E-state index in [2.05, 4.69) is 10.0 Å². The van der Waals surface area contributed by atoms with E-state index in [4.69, 9.17) is 5.14 Å². The first-order valence-electron chi connectivity index (χ1n) is 7.47. The van der Waals surface area contributed by atoms with Crippen molar-refractivity contribution in [3.8, 4) is 0 Å². The number of sulfonamides is 2. The second kappa shape index (κ2) is 7.44. The SMILES string of the molecule is C[C@H](NC(=O)c1ccc(NS(C)(=O)=O)cc1)c1ccc(S(N)(=O)=O)cc1. The minimum Gasteiger partial charge on any atom is -0.346 e. The first-order chi connectivity index (χ1) is 12.0. The molecule has 0 bridgehead atoms. The Morgan fingerprint density at radius 3 is 1.96 bits per heavy atom. The molecule has 2 aromatic rings. The fraction of sp³-hybridized carbons (Fsp3) is 0.188. The summed E-state index contributed by atoms with van der Waals surface area (Å²) in [5, 5.41) is 7.83. The first kappa shape index (κ1) is 19.9. The van der Waals surface area contributed by atoms with Crippen LogP contribution in [0.2, 0.25) is 0 Å². The van der Waals surface area contributed by atoms with Gasteiger partial charge in [0, 0.05) is 11.3 Å². The number of hydrogen-bond acceptors (Lipinski definition) is 5. The van der Waals surface area contributed by atoms with Gasteiger partial charge in [0.1, 0.15) is 0 Å². The molecule has 4 N–H and O–H groups in total.